The monoisotopic (exact) mass is 331 g/mol. The maximum atomic E-state index is 12.7. The van der Waals surface area contributed by atoms with Gasteiger partial charge in [0.1, 0.15) is 11.4 Å². The van der Waals surface area contributed by atoms with Crippen molar-refractivity contribution in [3.63, 3.8) is 0 Å². The van der Waals surface area contributed by atoms with Gasteiger partial charge in [-0.25, -0.2) is 9.97 Å². The Morgan fingerprint density at radius 3 is 2.64 bits per heavy atom. The van der Waals surface area contributed by atoms with Gasteiger partial charge in [0.15, 0.2) is 0 Å². The lowest BCUT2D eigenvalue weighted by atomic mass is 10.2. The molecule has 0 N–H and O–H groups in total. The topological polar surface area (TPSA) is 38.2 Å². The minimum Gasteiger partial charge on any atom is -0.496 e. The van der Waals surface area contributed by atoms with Gasteiger partial charge in [0, 0.05) is 30.4 Å². The number of methoxy groups -OCH3 is 1. The third-order valence-electron chi connectivity index (χ3n) is 2.92. The van der Waals surface area contributed by atoms with Crippen LogP contribution in [0.1, 0.15) is 11.3 Å². The van der Waals surface area contributed by atoms with Crippen molar-refractivity contribution in [2.75, 3.05) is 19.1 Å². The number of aromatic nitrogens is 2. The molecule has 0 amide bonds. The zero-order valence-electron chi connectivity index (χ0n) is 11.9. The molecule has 0 bridgehead atoms. The minimum atomic E-state index is -4.51. The molecule has 0 aliphatic carbocycles. The SMILES string of the molecule is COc1ccc(Cl)cc1CN(C)c1nccc(C(F)(F)F)n1. The maximum absolute atomic E-state index is 12.7. The van der Waals surface area contributed by atoms with Gasteiger partial charge >= 0.3 is 6.18 Å². The van der Waals surface area contributed by atoms with E-state index in [1.807, 2.05) is 0 Å². The Morgan fingerprint density at radius 2 is 2.00 bits per heavy atom. The van der Waals surface area contributed by atoms with E-state index in [-0.39, 0.29) is 12.5 Å². The van der Waals surface area contributed by atoms with Crippen molar-refractivity contribution >= 4 is 17.5 Å². The summed E-state index contributed by atoms with van der Waals surface area (Å²) in [5.41, 5.74) is -0.263. The van der Waals surface area contributed by atoms with Crippen molar-refractivity contribution in [3.05, 3.63) is 46.7 Å². The van der Waals surface area contributed by atoms with Gasteiger partial charge in [-0.3, -0.25) is 0 Å². The molecular weight excluding hydrogens is 319 g/mol. The largest absolute Gasteiger partial charge is 0.496 e. The van der Waals surface area contributed by atoms with E-state index >= 15 is 0 Å². The van der Waals surface area contributed by atoms with Crippen LogP contribution in [0.15, 0.2) is 30.5 Å². The molecular formula is C14H13ClF3N3O. The molecule has 1 aromatic carbocycles. The summed E-state index contributed by atoms with van der Waals surface area (Å²) in [6, 6.07) is 5.88. The molecule has 0 spiro atoms. The molecule has 0 aliphatic rings. The van der Waals surface area contributed by atoms with Crippen molar-refractivity contribution in [1.29, 1.82) is 0 Å². The van der Waals surface area contributed by atoms with Crippen LogP contribution in [0.3, 0.4) is 0 Å². The summed E-state index contributed by atoms with van der Waals surface area (Å²) in [5, 5.41) is 0.508. The molecule has 4 nitrogen and oxygen atoms in total. The van der Waals surface area contributed by atoms with Crippen LogP contribution in [0.25, 0.3) is 0 Å². The lowest BCUT2D eigenvalue weighted by Gasteiger charge is -2.19. The van der Waals surface area contributed by atoms with Crippen LogP contribution in [0.2, 0.25) is 5.02 Å². The summed E-state index contributed by atoms with van der Waals surface area (Å²) in [6.07, 6.45) is -3.43. The number of rotatable bonds is 4. The number of benzene rings is 1. The van der Waals surface area contributed by atoms with E-state index in [0.29, 0.717) is 10.8 Å². The molecule has 0 aliphatic heterocycles. The zero-order chi connectivity index (χ0) is 16.3. The number of alkyl halides is 3. The number of hydrogen-bond donors (Lipinski definition) is 0. The number of nitrogens with zero attached hydrogens (tertiary/aromatic N) is 3. The minimum absolute atomic E-state index is 0.0307. The van der Waals surface area contributed by atoms with E-state index in [1.54, 1.807) is 25.2 Å². The maximum Gasteiger partial charge on any atom is 0.433 e. The summed E-state index contributed by atoms with van der Waals surface area (Å²) in [5.74, 6) is 0.556. The number of ether oxygens (including phenoxy) is 1. The molecule has 0 fully saturated rings. The number of halogens is 4. The molecule has 2 rings (SSSR count). The molecule has 22 heavy (non-hydrogen) atoms. The van der Waals surface area contributed by atoms with E-state index < -0.39 is 11.9 Å². The number of hydrogen-bond acceptors (Lipinski definition) is 4. The molecule has 0 saturated carbocycles. The lowest BCUT2D eigenvalue weighted by molar-refractivity contribution is -0.141. The molecule has 1 heterocycles. The van der Waals surface area contributed by atoms with Crippen LogP contribution in [-0.2, 0) is 12.7 Å². The van der Waals surface area contributed by atoms with E-state index in [4.69, 9.17) is 16.3 Å². The van der Waals surface area contributed by atoms with Crippen LogP contribution in [0.5, 0.6) is 5.75 Å². The first-order valence-corrected chi connectivity index (χ1v) is 6.63. The van der Waals surface area contributed by atoms with Gasteiger partial charge in [-0.1, -0.05) is 11.6 Å². The summed E-state index contributed by atoms with van der Waals surface area (Å²) < 4.78 is 43.3. The van der Waals surface area contributed by atoms with Crippen molar-refractivity contribution < 1.29 is 17.9 Å². The fraction of sp³-hybridized carbons (Fsp3) is 0.286. The van der Waals surface area contributed by atoms with E-state index in [2.05, 4.69) is 9.97 Å². The summed E-state index contributed by atoms with van der Waals surface area (Å²) in [6.45, 7) is 0.255. The molecule has 1 aromatic heterocycles. The van der Waals surface area contributed by atoms with Crippen molar-refractivity contribution in [1.82, 2.24) is 9.97 Å². The van der Waals surface area contributed by atoms with Crippen LogP contribution in [0, 0.1) is 0 Å². The Morgan fingerprint density at radius 1 is 1.27 bits per heavy atom. The standard InChI is InChI=1S/C14H13ClF3N3O/c1-21(8-9-7-10(15)3-4-11(9)22-2)13-19-6-5-12(20-13)14(16,17)18/h3-7H,8H2,1-2H3. The second kappa shape index (κ2) is 6.39. The van der Waals surface area contributed by atoms with E-state index in [9.17, 15) is 13.2 Å². The van der Waals surface area contributed by atoms with E-state index in [1.165, 1.54) is 12.0 Å². The highest BCUT2D eigenvalue weighted by Crippen LogP contribution is 2.29. The lowest BCUT2D eigenvalue weighted by Crippen LogP contribution is -2.21. The highest BCUT2D eigenvalue weighted by Gasteiger charge is 2.33. The van der Waals surface area contributed by atoms with Gasteiger partial charge < -0.3 is 9.64 Å². The van der Waals surface area contributed by atoms with Crippen molar-refractivity contribution in [3.8, 4) is 5.75 Å². The Hall–Kier alpha value is -2.02. The summed E-state index contributed by atoms with van der Waals surface area (Å²) in [7, 11) is 3.10. The predicted molar refractivity (Wildman–Crippen MR) is 77.1 cm³/mol. The normalized spacial score (nSPS) is 11.4. The highest BCUT2D eigenvalue weighted by molar-refractivity contribution is 6.30. The number of anilines is 1. The average Bonchev–Trinajstić information content (AvgIpc) is 2.47. The third kappa shape index (κ3) is 3.79. The second-order valence-corrected chi connectivity index (χ2v) is 4.99. The molecule has 0 unspecified atom stereocenters. The highest BCUT2D eigenvalue weighted by atomic mass is 35.5. The zero-order valence-corrected chi connectivity index (χ0v) is 12.6. The summed E-state index contributed by atoms with van der Waals surface area (Å²) >= 11 is 5.93. The fourth-order valence-electron chi connectivity index (χ4n) is 1.89. The first-order valence-electron chi connectivity index (χ1n) is 6.25. The molecule has 8 heteroatoms. The van der Waals surface area contributed by atoms with Gasteiger partial charge in [0.2, 0.25) is 5.95 Å². The van der Waals surface area contributed by atoms with Crippen LogP contribution in [-0.4, -0.2) is 24.1 Å². The third-order valence-corrected chi connectivity index (χ3v) is 3.16. The van der Waals surface area contributed by atoms with Crippen LogP contribution < -0.4 is 9.64 Å². The predicted octanol–water partition coefficient (Wildman–Crippen LogP) is 3.79. The van der Waals surface area contributed by atoms with Crippen molar-refractivity contribution in [2.45, 2.75) is 12.7 Å². The van der Waals surface area contributed by atoms with E-state index in [0.717, 1.165) is 17.8 Å². The van der Waals surface area contributed by atoms with Gasteiger partial charge in [-0.05, 0) is 24.3 Å². The Balaban J connectivity index is 2.26. The molecule has 2 aromatic rings. The molecule has 0 saturated heterocycles. The van der Waals surface area contributed by atoms with Gasteiger partial charge in [0.25, 0.3) is 0 Å². The fourth-order valence-corrected chi connectivity index (χ4v) is 2.08. The Kier molecular flexibility index (Phi) is 4.75. The molecule has 118 valence electrons. The first kappa shape index (κ1) is 16.4. The first-order chi connectivity index (χ1) is 10.3. The molecule has 0 atom stereocenters. The Labute approximate surface area is 130 Å². The van der Waals surface area contributed by atoms with Gasteiger partial charge in [-0.15, -0.1) is 0 Å². The molecule has 0 radical (unpaired) electrons. The Bertz CT molecular complexity index is 664. The van der Waals surface area contributed by atoms with Crippen LogP contribution in [0.4, 0.5) is 19.1 Å². The quantitative estimate of drug-likeness (QED) is 0.854. The van der Waals surface area contributed by atoms with Crippen molar-refractivity contribution in [2.24, 2.45) is 0 Å². The van der Waals surface area contributed by atoms with Crippen LogP contribution >= 0.6 is 11.6 Å². The average molecular weight is 332 g/mol. The second-order valence-electron chi connectivity index (χ2n) is 4.55. The smallest absolute Gasteiger partial charge is 0.433 e. The van der Waals surface area contributed by atoms with Gasteiger partial charge in [-0.2, -0.15) is 13.2 Å². The van der Waals surface area contributed by atoms with Gasteiger partial charge in [0.05, 0.1) is 7.11 Å². The summed E-state index contributed by atoms with van der Waals surface area (Å²) in [4.78, 5) is 8.89.